The zero-order valence-electron chi connectivity index (χ0n) is 20.4. The van der Waals surface area contributed by atoms with Crippen LogP contribution in [0.2, 0.25) is 0 Å². The molecule has 1 amide bonds. The number of aryl methyl sites for hydroxylation is 2. The normalized spacial score (nSPS) is 11.1. The molecule has 3 aromatic rings. The van der Waals surface area contributed by atoms with Crippen molar-refractivity contribution in [2.24, 2.45) is 0 Å². The van der Waals surface area contributed by atoms with E-state index in [4.69, 9.17) is 9.47 Å². The summed E-state index contributed by atoms with van der Waals surface area (Å²) in [5.74, 6) is 0.807. The molecule has 3 aromatic carbocycles. The summed E-state index contributed by atoms with van der Waals surface area (Å²) in [6, 6.07) is 21.1. The predicted octanol–water partition coefficient (Wildman–Crippen LogP) is 4.35. The van der Waals surface area contributed by atoms with E-state index in [0.717, 1.165) is 27.6 Å². The van der Waals surface area contributed by atoms with Gasteiger partial charge in [0.2, 0.25) is 5.91 Å². The molecule has 3 rings (SSSR count). The van der Waals surface area contributed by atoms with Crippen molar-refractivity contribution in [3.63, 3.8) is 0 Å². The Morgan fingerprint density at radius 2 is 1.60 bits per heavy atom. The van der Waals surface area contributed by atoms with Gasteiger partial charge in [0.1, 0.15) is 18.0 Å². The molecule has 186 valence electrons. The van der Waals surface area contributed by atoms with E-state index in [1.807, 2.05) is 38.1 Å². The standard InChI is InChI=1S/C27H32N2O5S/c1-4-34-25-13-7-5-10-22(25)11-9-19-28-27(30)20-29(24-12-6-8-14-26(24)33-3)35(31,32)23-17-15-21(2)16-18-23/h5-8,10,12-18H,4,9,11,19-20H2,1-3H3,(H,28,30). The number of nitrogens with zero attached hydrogens (tertiary/aromatic N) is 1. The van der Waals surface area contributed by atoms with E-state index in [0.29, 0.717) is 31.0 Å². The fraction of sp³-hybridized carbons (Fsp3) is 0.296. The minimum atomic E-state index is -4.01. The number of carbonyl (C=O) groups is 1. The van der Waals surface area contributed by atoms with Crippen molar-refractivity contribution in [2.45, 2.75) is 31.6 Å². The summed E-state index contributed by atoms with van der Waals surface area (Å²) in [5.41, 5.74) is 2.31. The first kappa shape index (κ1) is 26.1. The predicted molar refractivity (Wildman–Crippen MR) is 138 cm³/mol. The van der Waals surface area contributed by atoms with E-state index in [-0.39, 0.29) is 11.4 Å². The smallest absolute Gasteiger partial charge is 0.264 e. The van der Waals surface area contributed by atoms with Crippen molar-refractivity contribution in [1.82, 2.24) is 5.32 Å². The third-order valence-electron chi connectivity index (χ3n) is 5.47. The van der Waals surface area contributed by atoms with Crippen LogP contribution < -0.4 is 19.1 Å². The maximum absolute atomic E-state index is 13.5. The number of methoxy groups -OCH3 is 1. The van der Waals surface area contributed by atoms with Gasteiger partial charge >= 0.3 is 0 Å². The number of hydrogen-bond acceptors (Lipinski definition) is 5. The van der Waals surface area contributed by atoms with Gasteiger partial charge in [-0.3, -0.25) is 9.10 Å². The molecule has 8 heteroatoms. The molecule has 1 N–H and O–H groups in total. The average molecular weight is 497 g/mol. The van der Waals surface area contributed by atoms with Gasteiger partial charge in [-0.05, 0) is 62.6 Å². The second-order valence-electron chi connectivity index (χ2n) is 7.99. The minimum Gasteiger partial charge on any atom is -0.495 e. The number of nitrogens with one attached hydrogen (secondary N) is 1. The molecule has 0 saturated carbocycles. The molecule has 0 aromatic heterocycles. The molecule has 0 bridgehead atoms. The third kappa shape index (κ3) is 6.76. The van der Waals surface area contributed by atoms with E-state index < -0.39 is 15.9 Å². The lowest BCUT2D eigenvalue weighted by molar-refractivity contribution is -0.119. The summed E-state index contributed by atoms with van der Waals surface area (Å²) in [4.78, 5) is 13.0. The fourth-order valence-electron chi connectivity index (χ4n) is 3.67. The van der Waals surface area contributed by atoms with Crippen LogP contribution in [-0.2, 0) is 21.2 Å². The SMILES string of the molecule is CCOc1ccccc1CCCNC(=O)CN(c1ccccc1OC)S(=O)(=O)c1ccc(C)cc1. The monoisotopic (exact) mass is 496 g/mol. The van der Waals surface area contributed by atoms with E-state index in [1.165, 1.54) is 7.11 Å². The molecule has 0 radical (unpaired) electrons. The molecule has 0 spiro atoms. The molecule has 0 aliphatic rings. The molecule has 0 aliphatic heterocycles. The lowest BCUT2D eigenvalue weighted by Gasteiger charge is -2.25. The quantitative estimate of drug-likeness (QED) is 0.377. The summed E-state index contributed by atoms with van der Waals surface area (Å²) in [6.07, 6.45) is 1.42. The first-order valence-corrected chi connectivity index (χ1v) is 13.0. The van der Waals surface area contributed by atoms with Crippen LogP contribution >= 0.6 is 0 Å². The first-order valence-electron chi connectivity index (χ1n) is 11.6. The molecular weight excluding hydrogens is 464 g/mol. The van der Waals surface area contributed by atoms with Crippen molar-refractivity contribution < 1.29 is 22.7 Å². The Kier molecular flexibility index (Phi) is 9.14. The third-order valence-corrected chi connectivity index (χ3v) is 7.24. The van der Waals surface area contributed by atoms with Crippen LogP contribution in [0.25, 0.3) is 0 Å². The first-order chi connectivity index (χ1) is 16.9. The van der Waals surface area contributed by atoms with E-state index >= 15 is 0 Å². The largest absolute Gasteiger partial charge is 0.495 e. The molecule has 0 atom stereocenters. The summed E-state index contributed by atoms with van der Waals surface area (Å²) in [7, 11) is -2.54. The molecule has 0 unspecified atom stereocenters. The highest BCUT2D eigenvalue weighted by Crippen LogP contribution is 2.32. The number of amides is 1. The van der Waals surface area contributed by atoms with Gasteiger partial charge in [0.15, 0.2) is 0 Å². The van der Waals surface area contributed by atoms with E-state index in [1.54, 1.807) is 48.5 Å². The van der Waals surface area contributed by atoms with E-state index in [2.05, 4.69) is 5.32 Å². The minimum absolute atomic E-state index is 0.106. The Morgan fingerprint density at radius 1 is 0.943 bits per heavy atom. The van der Waals surface area contributed by atoms with Gasteiger partial charge in [-0.1, -0.05) is 48.0 Å². The summed E-state index contributed by atoms with van der Waals surface area (Å²) in [6.45, 7) is 4.45. The number of hydrogen-bond donors (Lipinski definition) is 1. The van der Waals surface area contributed by atoms with Gasteiger partial charge in [0.25, 0.3) is 10.0 Å². The zero-order chi connectivity index (χ0) is 25.3. The highest BCUT2D eigenvalue weighted by Gasteiger charge is 2.29. The molecule has 0 saturated heterocycles. The molecule has 0 aliphatic carbocycles. The number of sulfonamides is 1. The van der Waals surface area contributed by atoms with Gasteiger partial charge in [-0.2, -0.15) is 0 Å². The van der Waals surface area contributed by atoms with Crippen molar-refractivity contribution in [3.8, 4) is 11.5 Å². The molecular formula is C27H32N2O5S. The van der Waals surface area contributed by atoms with E-state index in [9.17, 15) is 13.2 Å². The zero-order valence-corrected chi connectivity index (χ0v) is 21.2. The number of ether oxygens (including phenoxy) is 2. The van der Waals surface area contributed by atoms with Gasteiger partial charge in [-0.15, -0.1) is 0 Å². The lowest BCUT2D eigenvalue weighted by Crippen LogP contribution is -2.41. The Morgan fingerprint density at radius 3 is 2.29 bits per heavy atom. The maximum Gasteiger partial charge on any atom is 0.264 e. The van der Waals surface area contributed by atoms with Crippen molar-refractivity contribution in [2.75, 3.05) is 31.1 Å². The Labute approximate surface area is 207 Å². The van der Waals surface area contributed by atoms with Crippen molar-refractivity contribution in [1.29, 1.82) is 0 Å². The Balaban J connectivity index is 1.73. The van der Waals surface area contributed by atoms with Gasteiger partial charge in [0, 0.05) is 6.54 Å². The lowest BCUT2D eigenvalue weighted by atomic mass is 10.1. The second kappa shape index (κ2) is 12.3. The van der Waals surface area contributed by atoms with Crippen LogP contribution in [0, 0.1) is 6.92 Å². The second-order valence-corrected chi connectivity index (χ2v) is 9.85. The van der Waals surface area contributed by atoms with Gasteiger partial charge in [-0.25, -0.2) is 8.42 Å². The summed E-state index contributed by atoms with van der Waals surface area (Å²) in [5, 5.41) is 2.85. The average Bonchev–Trinajstić information content (AvgIpc) is 2.86. The summed E-state index contributed by atoms with van der Waals surface area (Å²) < 4.78 is 39.2. The van der Waals surface area contributed by atoms with Crippen LogP contribution in [0.1, 0.15) is 24.5 Å². The van der Waals surface area contributed by atoms with Crippen molar-refractivity contribution >= 4 is 21.6 Å². The van der Waals surface area contributed by atoms with Crippen molar-refractivity contribution in [3.05, 3.63) is 83.9 Å². The molecule has 35 heavy (non-hydrogen) atoms. The van der Waals surface area contributed by atoms with Gasteiger partial charge in [0.05, 0.1) is 24.3 Å². The highest BCUT2D eigenvalue weighted by atomic mass is 32.2. The number of anilines is 1. The van der Waals surface area contributed by atoms with Gasteiger partial charge < -0.3 is 14.8 Å². The van der Waals surface area contributed by atoms with Crippen LogP contribution in [0.4, 0.5) is 5.69 Å². The summed E-state index contributed by atoms with van der Waals surface area (Å²) >= 11 is 0. The Bertz CT molecular complexity index is 1230. The van der Waals surface area contributed by atoms with Crippen LogP contribution in [0.15, 0.2) is 77.7 Å². The number of carbonyl (C=O) groups excluding carboxylic acids is 1. The Hall–Kier alpha value is -3.52. The maximum atomic E-state index is 13.5. The number of benzene rings is 3. The van der Waals surface area contributed by atoms with Crippen LogP contribution in [0.5, 0.6) is 11.5 Å². The number of rotatable bonds is 12. The number of para-hydroxylation sites is 3. The van der Waals surface area contributed by atoms with Crippen LogP contribution in [-0.4, -0.2) is 41.1 Å². The molecule has 0 heterocycles. The topological polar surface area (TPSA) is 84.9 Å². The highest BCUT2D eigenvalue weighted by molar-refractivity contribution is 7.92. The molecule has 7 nitrogen and oxygen atoms in total. The molecule has 0 fully saturated rings. The fourth-order valence-corrected chi connectivity index (χ4v) is 5.10. The van der Waals surface area contributed by atoms with Crippen LogP contribution in [0.3, 0.4) is 0 Å².